The predicted molar refractivity (Wildman–Crippen MR) is 79.3 cm³/mol. The third-order valence-electron chi connectivity index (χ3n) is 3.87. The van der Waals surface area contributed by atoms with E-state index in [1.165, 1.54) is 43.4 Å². The highest BCUT2D eigenvalue weighted by Gasteiger charge is 2.25. The number of hydrogen-bond acceptors (Lipinski definition) is 7. The maximum absolute atomic E-state index is 5.83. The van der Waals surface area contributed by atoms with Crippen LogP contribution < -0.4 is 5.73 Å². The normalized spacial score (nSPS) is 16.5. The van der Waals surface area contributed by atoms with E-state index in [1.54, 1.807) is 7.11 Å². The Morgan fingerprint density at radius 2 is 2.05 bits per heavy atom. The van der Waals surface area contributed by atoms with E-state index in [-0.39, 0.29) is 0 Å². The lowest BCUT2D eigenvalue weighted by molar-refractivity contribution is 0.184. The summed E-state index contributed by atoms with van der Waals surface area (Å²) in [6.07, 6.45) is 6.16. The molecule has 0 spiro atoms. The minimum absolute atomic E-state index is 0.412. The number of hydrogen-bond donors (Lipinski definition) is 1. The van der Waals surface area contributed by atoms with Crippen LogP contribution in [0, 0.1) is 0 Å². The second-order valence-corrected chi connectivity index (χ2v) is 6.32. The fourth-order valence-corrected chi connectivity index (χ4v) is 3.68. The van der Waals surface area contributed by atoms with Gasteiger partial charge >= 0.3 is 0 Å². The van der Waals surface area contributed by atoms with Gasteiger partial charge < -0.3 is 10.5 Å². The second-order valence-electron chi connectivity index (χ2n) is 5.28. The highest BCUT2D eigenvalue weighted by atomic mass is 32.1. The summed E-state index contributed by atoms with van der Waals surface area (Å²) in [4.78, 5) is 0. The number of nitrogens with two attached hydrogens (primary N) is 1. The predicted octanol–water partition coefficient (Wildman–Crippen LogP) is 1.77. The topological polar surface area (TPSA) is 91.7 Å². The Balaban J connectivity index is 1.95. The molecular formula is C13H20N6OS. The van der Waals surface area contributed by atoms with Crippen molar-refractivity contribution in [3.05, 3.63) is 16.4 Å². The first-order chi connectivity index (χ1) is 10.3. The van der Waals surface area contributed by atoms with Crippen LogP contribution in [-0.2, 0) is 17.9 Å². The Morgan fingerprint density at radius 1 is 1.24 bits per heavy atom. The zero-order chi connectivity index (χ0) is 14.7. The molecule has 1 aliphatic carbocycles. The van der Waals surface area contributed by atoms with Crippen molar-refractivity contribution < 1.29 is 4.74 Å². The number of ether oxygens (including phenoxy) is 1. The molecule has 0 aromatic carbocycles. The van der Waals surface area contributed by atoms with Crippen molar-refractivity contribution >= 4 is 11.3 Å². The van der Waals surface area contributed by atoms with Gasteiger partial charge in [-0.3, -0.25) is 0 Å². The minimum atomic E-state index is 0.412. The van der Waals surface area contributed by atoms with Crippen LogP contribution in [0.3, 0.4) is 0 Å². The molecule has 0 bridgehead atoms. The average Bonchev–Trinajstić information content (AvgIpc) is 3.14. The summed E-state index contributed by atoms with van der Waals surface area (Å²) in [5.41, 5.74) is 7.84. The van der Waals surface area contributed by atoms with Crippen molar-refractivity contribution in [3.8, 4) is 5.13 Å². The maximum Gasteiger partial charge on any atom is 0.234 e. The van der Waals surface area contributed by atoms with Gasteiger partial charge in [-0.2, -0.15) is 4.68 Å². The molecule has 0 atom stereocenters. The van der Waals surface area contributed by atoms with Crippen LogP contribution in [0.1, 0.15) is 54.4 Å². The molecule has 2 heterocycles. The Bertz CT molecular complexity index is 589. The molecule has 1 saturated carbocycles. The lowest BCUT2D eigenvalue weighted by Crippen LogP contribution is -2.14. The van der Waals surface area contributed by atoms with Gasteiger partial charge in [0.05, 0.1) is 5.69 Å². The first kappa shape index (κ1) is 14.6. The average molecular weight is 308 g/mol. The van der Waals surface area contributed by atoms with Crippen molar-refractivity contribution in [1.29, 1.82) is 0 Å². The van der Waals surface area contributed by atoms with Crippen LogP contribution in [0.4, 0.5) is 0 Å². The Kier molecular flexibility index (Phi) is 4.57. The minimum Gasteiger partial charge on any atom is -0.377 e. The van der Waals surface area contributed by atoms with Gasteiger partial charge in [-0.1, -0.05) is 35.8 Å². The van der Waals surface area contributed by atoms with Crippen molar-refractivity contribution in [2.24, 2.45) is 5.73 Å². The summed E-state index contributed by atoms with van der Waals surface area (Å²) < 4.78 is 6.92. The Labute approximate surface area is 127 Å². The van der Waals surface area contributed by atoms with E-state index >= 15 is 0 Å². The molecule has 0 saturated heterocycles. The van der Waals surface area contributed by atoms with Crippen molar-refractivity contribution in [2.45, 2.75) is 51.2 Å². The first-order valence-electron chi connectivity index (χ1n) is 7.29. The van der Waals surface area contributed by atoms with Crippen LogP contribution in [0.2, 0.25) is 0 Å². The monoisotopic (exact) mass is 308 g/mol. The van der Waals surface area contributed by atoms with E-state index < -0.39 is 0 Å². The fourth-order valence-electron chi connectivity index (χ4n) is 2.90. The van der Waals surface area contributed by atoms with Crippen LogP contribution in [0.5, 0.6) is 0 Å². The highest BCUT2D eigenvalue weighted by molar-refractivity contribution is 7.13. The van der Waals surface area contributed by atoms with Gasteiger partial charge in [-0.25, -0.2) is 0 Å². The number of aromatic nitrogens is 5. The molecule has 21 heavy (non-hydrogen) atoms. The van der Waals surface area contributed by atoms with Crippen LogP contribution in [-0.4, -0.2) is 32.3 Å². The summed E-state index contributed by atoms with van der Waals surface area (Å²) in [5.74, 6) is 0.474. The molecule has 7 nitrogen and oxygen atoms in total. The number of nitrogens with zero attached hydrogens (tertiary/aromatic N) is 5. The van der Waals surface area contributed by atoms with Gasteiger partial charge in [0.15, 0.2) is 0 Å². The molecule has 1 fully saturated rings. The second kappa shape index (κ2) is 6.59. The summed E-state index contributed by atoms with van der Waals surface area (Å²) in [6, 6.07) is 0. The molecule has 0 amide bonds. The fraction of sp³-hybridized carbons (Fsp3) is 0.692. The molecule has 1 aliphatic rings. The van der Waals surface area contributed by atoms with Gasteiger partial charge in [0, 0.05) is 19.6 Å². The Hall–Kier alpha value is -1.38. The van der Waals surface area contributed by atoms with Crippen molar-refractivity contribution in [1.82, 2.24) is 25.2 Å². The van der Waals surface area contributed by atoms with Gasteiger partial charge in [0.1, 0.15) is 17.3 Å². The molecule has 3 rings (SSSR count). The molecular weight excluding hydrogens is 288 g/mol. The quantitative estimate of drug-likeness (QED) is 0.905. The van der Waals surface area contributed by atoms with Crippen LogP contribution in [0.15, 0.2) is 0 Å². The molecule has 2 aromatic heterocycles. The molecule has 8 heteroatoms. The third-order valence-corrected chi connectivity index (χ3v) is 4.74. The largest absolute Gasteiger partial charge is 0.377 e. The zero-order valence-electron chi connectivity index (χ0n) is 12.2. The summed E-state index contributed by atoms with van der Waals surface area (Å²) in [7, 11) is 1.65. The van der Waals surface area contributed by atoms with Crippen molar-refractivity contribution in [2.75, 3.05) is 7.11 Å². The SMILES string of the molecule is COCc1nnc(-n2nnc(CN)c2C2CCCCC2)s1. The summed E-state index contributed by atoms with van der Waals surface area (Å²) in [6.45, 7) is 0.879. The third kappa shape index (κ3) is 2.97. The summed E-state index contributed by atoms with van der Waals surface area (Å²) >= 11 is 1.48. The lowest BCUT2D eigenvalue weighted by atomic mass is 9.86. The standard InChI is InChI=1S/C13H20N6OS/c1-20-8-11-16-17-13(21-11)19-12(10(7-14)15-18-19)9-5-3-2-4-6-9/h9H,2-8,14H2,1H3. The van der Waals surface area contributed by atoms with Crippen LogP contribution >= 0.6 is 11.3 Å². The van der Waals surface area contributed by atoms with E-state index in [9.17, 15) is 0 Å². The molecule has 0 aliphatic heterocycles. The van der Waals surface area contributed by atoms with Crippen LogP contribution in [0.25, 0.3) is 5.13 Å². The van der Waals surface area contributed by atoms with Crippen molar-refractivity contribution in [3.63, 3.8) is 0 Å². The summed E-state index contributed by atoms with van der Waals surface area (Å²) in [5, 5.41) is 18.4. The van der Waals surface area contributed by atoms with E-state index in [4.69, 9.17) is 10.5 Å². The maximum atomic E-state index is 5.83. The number of methoxy groups -OCH3 is 1. The highest BCUT2D eigenvalue weighted by Crippen LogP contribution is 2.35. The van der Waals surface area contributed by atoms with Gasteiger partial charge in [0.25, 0.3) is 0 Å². The smallest absolute Gasteiger partial charge is 0.234 e. The Morgan fingerprint density at radius 3 is 2.76 bits per heavy atom. The van der Waals surface area contributed by atoms with E-state index in [2.05, 4.69) is 20.5 Å². The molecule has 2 aromatic rings. The van der Waals surface area contributed by atoms with Gasteiger partial charge in [0.2, 0.25) is 5.13 Å². The van der Waals surface area contributed by atoms with E-state index in [0.29, 0.717) is 19.1 Å². The molecule has 114 valence electrons. The van der Waals surface area contributed by atoms with Gasteiger partial charge in [-0.05, 0) is 12.8 Å². The van der Waals surface area contributed by atoms with E-state index in [0.717, 1.165) is 21.5 Å². The number of rotatable bonds is 5. The van der Waals surface area contributed by atoms with Gasteiger partial charge in [-0.15, -0.1) is 15.3 Å². The molecule has 0 radical (unpaired) electrons. The molecule has 2 N–H and O–H groups in total. The first-order valence-corrected chi connectivity index (χ1v) is 8.11. The molecule has 0 unspecified atom stereocenters. The van der Waals surface area contributed by atoms with E-state index in [1.807, 2.05) is 4.68 Å². The lowest BCUT2D eigenvalue weighted by Gasteiger charge is -2.22. The zero-order valence-corrected chi connectivity index (χ0v) is 13.0.